The molecule has 88 valence electrons. The Labute approximate surface area is 100 Å². The molecule has 0 aliphatic rings. The lowest BCUT2D eigenvalue weighted by atomic mass is 9.91. The summed E-state index contributed by atoms with van der Waals surface area (Å²) in [6, 6.07) is 2.12. The average molecular weight is 217 g/mol. The van der Waals surface area contributed by atoms with Gasteiger partial charge in [0, 0.05) is 6.08 Å². The molecule has 0 spiro atoms. The number of hydrogen-bond acceptors (Lipinski definition) is 1. The number of rotatable bonds is 5. The average Bonchev–Trinajstić information content (AvgIpc) is 2.17. The summed E-state index contributed by atoms with van der Waals surface area (Å²) in [6.07, 6.45) is 8.21. The largest absolute Gasteiger partial charge is 0.193 e. The molecule has 0 rings (SSSR count). The Morgan fingerprint density at radius 1 is 1.00 bits per heavy atom. The Morgan fingerprint density at radius 3 is 1.75 bits per heavy atom. The molecule has 0 radical (unpaired) electrons. The molecule has 0 unspecified atom stereocenters. The zero-order valence-electron chi connectivity index (χ0n) is 11.2. The van der Waals surface area contributed by atoms with Crippen molar-refractivity contribution in [1.29, 1.82) is 5.26 Å². The highest BCUT2D eigenvalue weighted by Gasteiger charge is 2.07. The van der Waals surface area contributed by atoms with Crippen LogP contribution in [0.5, 0.6) is 0 Å². The van der Waals surface area contributed by atoms with Gasteiger partial charge in [0.25, 0.3) is 0 Å². The summed E-state index contributed by atoms with van der Waals surface area (Å²) in [5.74, 6) is 0.462. The molecular weight excluding hydrogens is 194 g/mol. The highest BCUT2D eigenvalue weighted by molar-refractivity contribution is 5.17. The van der Waals surface area contributed by atoms with E-state index in [2.05, 4.69) is 45.9 Å². The Bertz CT molecular complexity index is 309. The van der Waals surface area contributed by atoms with Crippen LogP contribution in [0.25, 0.3) is 0 Å². The lowest BCUT2D eigenvalue weighted by Gasteiger charge is -2.13. The molecule has 16 heavy (non-hydrogen) atoms. The quantitative estimate of drug-likeness (QED) is 0.480. The van der Waals surface area contributed by atoms with Crippen molar-refractivity contribution in [1.82, 2.24) is 0 Å². The van der Waals surface area contributed by atoms with Gasteiger partial charge in [-0.25, -0.2) is 0 Å². The molecular formula is C15H23N. The van der Waals surface area contributed by atoms with E-state index in [1.165, 1.54) is 16.7 Å². The van der Waals surface area contributed by atoms with Crippen molar-refractivity contribution in [3.63, 3.8) is 0 Å². The Kier molecular flexibility index (Phi) is 7.29. The van der Waals surface area contributed by atoms with E-state index >= 15 is 0 Å². The van der Waals surface area contributed by atoms with E-state index in [1.807, 2.05) is 6.92 Å². The van der Waals surface area contributed by atoms with Gasteiger partial charge in [0.1, 0.15) is 0 Å². The Balaban J connectivity index is 4.65. The van der Waals surface area contributed by atoms with Crippen molar-refractivity contribution >= 4 is 0 Å². The summed E-state index contributed by atoms with van der Waals surface area (Å²) < 4.78 is 0. The number of nitrogens with zero attached hydrogens (tertiary/aromatic N) is 1. The van der Waals surface area contributed by atoms with E-state index in [4.69, 9.17) is 5.26 Å². The van der Waals surface area contributed by atoms with E-state index in [0.29, 0.717) is 5.92 Å². The number of allylic oxidation sites excluding steroid dienone is 6. The second kappa shape index (κ2) is 7.93. The van der Waals surface area contributed by atoms with Crippen LogP contribution in [0.15, 0.2) is 34.9 Å². The lowest BCUT2D eigenvalue weighted by molar-refractivity contribution is 0.629. The molecule has 0 bridgehead atoms. The molecule has 0 amide bonds. The maximum absolute atomic E-state index is 8.68. The molecule has 0 saturated carbocycles. The van der Waals surface area contributed by atoms with E-state index in [1.54, 1.807) is 6.08 Å². The maximum atomic E-state index is 8.68. The molecule has 1 nitrogen and oxygen atoms in total. The fraction of sp³-hybridized carbons (Fsp3) is 0.533. The molecule has 0 aliphatic carbocycles. The van der Waals surface area contributed by atoms with Crippen LogP contribution in [0, 0.1) is 17.2 Å². The predicted octanol–water partition coefficient (Wildman–Crippen LogP) is 4.79. The minimum absolute atomic E-state index is 0.462. The zero-order chi connectivity index (χ0) is 12.6. The molecule has 0 aromatic heterocycles. The molecule has 0 heterocycles. The van der Waals surface area contributed by atoms with Crippen LogP contribution in [-0.2, 0) is 0 Å². The minimum Gasteiger partial charge on any atom is -0.193 e. The fourth-order valence-corrected chi connectivity index (χ4v) is 1.44. The van der Waals surface area contributed by atoms with Gasteiger partial charge in [0.2, 0.25) is 0 Å². The van der Waals surface area contributed by atoms with Crippen LogP contribution < -0.4 is 0 Å². The van der Waals surface area contributed by atoms with Crippen LogP contribution in [0.3, 0.4) is 0 Å². The van der Waals surface area contributed by atoms with Crippen LogP contribution in [0.1, 0.15) is 47.5 Å². The van der Waals surface area contributed by atoms with Crippen molar-refractivity contribution < 1.29 is 0 Å². The standard InChI is InChI=1S/C15H23N/c1-12(2)6-8-15(9-7-13(3)4)14(5)10-11-16/h6-7,10,15H,8-9H2,1-5H3/b14-10+. The zero-order valence-corrected chi connectivity index (χ0v) is 11.2. The third-order valence-electron chi connectivity index (χ3n) is 2.56. The molecule has 0 saturated heterocycles. The third-order valence-corrected chi connectivity index (χ3v) is 2.56. The Hall–Kier alpha value is -1.29. The number of hydrogen-bond donors (Lipinski definition) is 0. The van der Waals surface area contributed by atoms with Crippen LogP contribution in [-0.4, -0.2) is 0 Å². The van der Waals surface area contributed by atoms with Gasteiger partial charge in [-0.1, -0.05) is 28.9 Å². The SMILES string of the molecule is CC(C)=CCC(CC=C(C)C)/C(C)=C/C#N. The first-order chi connectivity index (χ1) is 7.47. The van der Waals surface area contributed by atoms with E-state index in [-0.39, 0.29) is 0 Å². The van der Waals surface area contributed by atoms with Gasteiger partial charge in [-0.15, -0.1) is 0 Å². The molecule has 0 aromatic carbocycles. The number of nitriles is 1. The predicted molar refractivity (Wildman–Crippen MR) is 71.0 cm³/mol. The Morgan fingerprint density at radius 2 is 1.44 bits per heavy atom. The molecule has 0 aliphatic heterocycles. The molecule has 0 atom stereocenters. The van der Waals surface area contributed by atoms with Gasteiger partial charge in [0.15, 0.2) is 0 Å². The summed E-state index contributed by atoms with van der Waals surface area (Å²) in [5, 5.41) is 8.68. The minimum atomic E-state index is 0.462. The van der Waals surface area contributed by atoms with E-state index in [9.17, 15) is 0 Å². The fourth-order valence-electron chi connectivity index (χ4n) is 1.44. The normalized spacial score (nSPS) is 10.9. The van der Waals surface area contributed by atoms with Crippen molar-refractivity contribution in [2.24, 2.45) is 5.92 Å². The van der Waals surface area contributed by atoms with Crippen molar-refractivity contribution in [2.75, 3.05) is 0 Å². The first-order valence-corrected chi connectivity index (χ1v) is 5.80. The van der Waals surface area contributed by atoms with Gasteiger partial charge in [-0.3, -0.25) is 0 Å². The lowest BCUT2D eigenvalue weighted by Crippen LogP contribution is -2.00. The smallest absolute Gasteiger partial charge is 0.0911 e. The van der Waals surface area contributed by atoms with Gasteiger partial charge in [-0.2, -0.15) is 5.26 Å². The summed E-state index contributed by atoms with van der Waals surface area (Å²) in [5.41, 5.74) is 3.86. The van der Waals surface area contributed by atoms with Gasteiger partial charge >= 0.3 is 0 Å². The summed E-state index contributed by atoms with van der Waals surface area (Å²) in [6.45, 7) is 10.5. The monoisotopic (exact) mass is 217 g/mol. The van der Waals surface area contributed by atoms with Crippen molar-refractivity contribution in [2.45, 2.75) is 47.5 Å². The molecule has 0 fully saturated rings. The van der Waals surface area contributed by atoms with Crippen molar-refractivity contribution in [3.8, 4) is 6.07 Å². The van der Waals surface area contributed by atoms with Crippen molar-refractivity contribution in [3.05, 3.63) is 34.9 Å². The second-order valence-electron chi connectivity index (χ2n) is 4.75. The van der Waals surface area contributed by atoms with Gasteiger partial charge < -0.3 is 0 Å². The first-order valence-electron chi connectivity index (χ1n) is 5.80. The van der Waals surface area contributed by atoms with Crippen LogP contribution in [0.2, 0.25) is 0 Å². The summed E-state index contributed by atoms with van der Waals surface area (Å²) in [4.78, 5) is 0. The molecule has 0 N–H and O–H groups in total. The van der Waals surface area contributed by atoms with E-state index in [0.717, 1.165) is 12.8 Å². The third kappa shape index (κ3) is 7.06. The maximum Gasteiger partial charge on any atom is 0.0911 e. The van der Waals surface area contributed by atoms with E-state index < -0.39 is 0 Å². The highest BCUT2D eigenvalue weighted by Crippen LogP contribution is 2.21. The first kappa shape index (κ1) is 14.7. The highest BCUT2D eigenvalue weighted by atomic mass is 14.2. The second-order valence-corrected chi connectivity index (χ2v) is 4.75. The molecule has 0 aromatic rings. The van der Waals surface area contributed by atoms with Gasteiger partial charge in [-0.05, 0) is 53.4 Å². The summed E-state index contributed by atoms with van der Waals surface area (Å²) in [7, 11) is 0. The van der Waals surface area contributed by atoms with Gasteiger partial charge in [0.05, 0.1) is 6.07 Å². The summed E-state index contributed by atoms with van der Waals surface area (Å²) >= 11 is 0. The van der Waals surface area contributed by atoms with Crippen LogP contribution >= 0.6 is 0 Å². The molecule has 1 heteroatoms. The van der Waals surface area contributed by atoms with Crippen LogP contribution in [0.4, 0.5) is 0 Å². The topological polar surface area (TPSA) is 23.8 Å².